The van der Waals surface area contributed by atoms with Gasteiger partial charge in [-0.3, -0.25) is 9.52 Å². The van der Waals surface area contributed by atoms with Crippen LogP contribution in [0.15, 0.2) is 47.4 Å². The van der Waals surface area contributed by atoms with Crippen LogP contribution in [-0.2, 0) is 10.0 Å². The predicted octanol–water partition coefficient (Wildman–Crippen LogP) is 4.12. The van der Waals surface area contributed by atoms with Crippen molar-refractivity contribution in [1.29, 1.82) is 0 Å². The van der Waals surface area contributed by atoms with Gasteiger partial charge in [0.15, 0.2) is 0 Å². The number of halogens is 1. The van der Waals surface area contributed by atoms with Crippen LogP contribution in [0.1, 0.15) is 41.6 Å². The van der Waals surface area contributed by atoms with Gasteiger partial charge in [0.05, 0.1) is 10.6 Å². The molecule has 0 bridgehead atoms. The van der Waals surface area contributed by atoms with Gasteiger partial charge in [-0.05, 0) is 55.7 Å². The monoisotopic (exact) mass is 392 g/mol. The SMILES string of the molecule is Cc1ccc(C(=O)NC2CCCC2)cc1S(=O)(=O)Nc1cccc(Cl)c1. The third-order valence-corrected chi connectivity index (χ3v) is 6.27. The van der Waals surface area contributed by atoms with E-state index in [1.807, 2.05) is 0 Å². The van der Waals surface area contributed by atoms with Gasteiger partial charge in [0, 0.05) is 16.6 Å². The molecule has 0 unspecified atom stereocenters. The Kier molecular flexibility index (Phi) is 5.53. The number of hydrogen-bond donors (Lipinski definition) is 2. The fourth-order valence-corrected chi connectivity index (χ4v) is 4.64. The largest absolute Gasteiger partial charge is 0.349 e. The van der Waals surface area contributed by atoms with Crippen molar-refractivity contribution in [2.45, 2.75) is 43.5 Å². The first-order valence-electron chi connectivity index (χ1n) is 8.55. The van der Waals surface area contributed by atoms with Crippen molar-refractivity contribution < 1.29 is 13.2 Å². The molecule has 0 aliphatic heterocycles. The zero-order valence-corrected chi connectivity index (χ0v) is 16.0. The third kappa shape index (κ3) is 4.37. The summed E-state index contributed by atoms with van der Waals surface area (Å²) in [6.45, 7) is 1.70. The first kappa shape index (κ1) is 18.7. The van der Waals surface area contributed by atoms with Crippen LogP contribution in [0.4, 0.5) is 5.69 Å². The van der Waals surface area contributed by atoms with E-state index >= 15 is 0 Å². The lowest BCUT2D eigenvalue weighted by molar-refractivity contribution is 0.0937. The minimum absolute atomic E-state index is 0.0801. The normalized spacial score (nSPS) is 15.0. The molecule has 26 heavy (non-hydrogen) atoms. The van der Waals surface area contributed by atoms with Crippen LogP contribution in [0.25, 0.3) is 0 Å². The van der Waals surface area contributed by atoms with E-state index < -0.39 is 10.0 Å². The average molecular weight is 393 g/mol. The van der Waals surface area contributed by atoms with Crippen LogP contribution >= 0.6 is 11.6 Å². The Bertz CT molecular complexity index is 922. The number of benzene rings is 2. The van der Waals surface area contributed by atoms with Crippen molar-refractivity contribution in [2.75, 3.05) is 4.72 Å². The summed E-state index contributed by atoms with van der Waals surface area (Å²) in [6.07, 6.45) is 4.17. The summed E-state index contributed by atoms with van der Waals surface area (Å²) in [5, 5.41) is 3.42. The molecule has 0 atom stereocenters. The highest BCUT2D eigenvalue weighted by Gasteiger charge is 2.22. The van der Waals surface area contributed by atoms with Crippen LogP contribution in [-0.4, -0.2) is 20.4 Å². The maximum Gasteiger partial charge on any atom is 0.262 e. The molecule has 1 aliphatic carbocycles. The van der Waals surface area contributed by atoms with E-state index in [0.717, 1.165) is 25.7 Å². The number of nitrogens with one attached hydrogen (secondary N) is 2. The number of carbonyl (C=O) groups is 1. The summed E-state index contributed by atoms with van der Waals surface area (Å²) in [7, 11) is -3.83. The van der Waals surface area contributed by atoms with Gasteiger partial charge in [0.2, 0.25) is 0 Å². The smallest absolute Gasteiger partial charge is 0.262 e. The van der Waals surface area contributed by atoms with E-state index in [1.54, 1.807) is 37.3 Å². The number of aryl methyl sites for hydroxylation is 1. The lowest BCUT2D eigenvalue weighted by atomic mass is 10.1. The van der Waals surface area contributed by atoms with Gasteiger partial charge in [-0.25, -0.2) is 8.42 Å². The number of hydrogen-bond acceptors (Lipinski definition) is 3. The second-order valence-corrected chi connectivity index (χ2v) is 8.64. The molecule has 1 amide bonds. The zero-order chi connectivity index (χ0) is 18.7. The average Bonchev–Trinajstić information content (AvgIpc) is 3.07. The van der Waals surface area contributed by atoms with E-state index in [-0.39, 0.29) is 16.8 Å². The molecule has 3 rings (SSSR count). The number of sulfonamides is 1. The first-order chi connectivity index (χ1) is 12.3. The first-order valence-corrected chi connectivity index (χ1v) is 10.4. The molecule has 0 saturated heterocycles. The number of carbonyl (C=O) groups excluding carboxylic acids is 1. The second kappa shape index (κ2) is 7.68. The minimum atomic E-state index is -3.83. The van der Waals surface area contributed by atoms with Crippen molar-refractivity contribution >= 4 is 33.2 Å². The molecule has 2 aromatic carbocycles. The zero-order valence-electron chi connectivity index (χ0n) is 14.5. The summed E-state index contributed by atoms with van der Waals surface area (Å²) in [5.41, 5.74) is 1.28. The van der Waals surface area contributed by atoms with Crippen molar-refractivity contribution in [3.8, 4) is 0 Å². The summed E-state index contributed by atoms with van der Waals surface area (Å²) in [6, 6.07) is 11.4. The van der Waals surface area contributed by atoms with E-state index in [4.69, 9.17) is 11.6 Å². The maximum atomic E-state index is 12.8. The summed E-state index contributed by atoms with van der Waals surface area (Å²) < 4.78 is 28.0. The molecule has 0 spiro atoms. The van der Waals surface area contributed by atoms with Gasteiger partial charge in [0.1, 0.15) is 0 Å². The molecule has 0 aromatic heterocycles. The van der Waals surface area contributed by atoms with Gasteiger partial charge in [-0.15, -0.1) is 0 Å². The van der Waals surface area contributed by atoms with Crippen molar-refractivity contribution in [3.05, 3.63) is 58.6 Å². The molecule has 0 radical (unpaired) electrons. The Labute approximate surface area is 158 Å². The van der Waals surface area contributed by atoms with E-state index in [2.05, 4.69) is 10.0 Å². The molecular formula is C19H21ClN2O3S. The van der Waals surface area contributed by atoms with Crippen LogP contribution in [0.2, 0.25) is 5.02 Å². The lowest BCUT2D eigenvalue weighted by Crippen LogP contribution is -2.32. The quantitative estimate of drug-likeness (QED) is 0.803. The molecule has 0 heterocycles. The number of anilines is 1. The standard InChI is InChI=1S/C19H21ClN2O3S/c1-13-9-10-14(19(23)21-16-6-2-3-7-16)11-18(13)26(24,25)22-17-8-4-5-15(20)12-17/h4-5,8-12,16,22H,2-3,6-7H2,1H3,(H,21,23). The molecule has 1 aliphatic rings. The number of rotatable bonds is 5. The highest BCUT2D eigenvalue weighted by molar-refractivity contribution is 7.92. The molecule has 7 heteroatoms. The van der Waals surface area contributed by atoms with Crippen LogP contribution in [0.3, 0.4) is 0 Å². The van der Waals surface area contributed by atoms with E-state index in [1.165, 1.54) is 12.1 Å². The van der Waals surface area contributed by atoms with Crippen LogP contribution in [0, 0.1) is 6.92 Å². The molecule has 138 valence electrons. The van der Waals surface area contributed by atoms with Gasteiger partial charge >= 0.3 is 0 Å². The fraction of sp³-hybridized carbons (Fsp3) is 0.316. The minimum Gasteiger partial charge on any atom is -0.349 e. The summed E-state index contributed by atoms with van der Waals surface area (Å²) >= 11 is 5.91. The van der Waals surface area contributed by atoms with E-state index in [9.17, 15) is 13.2 Å². The number of amides is 1. The Morgan fingerprint density at radius 2 is 1.85 bits per heavy atom. The Hall–Kier alpha value is -2.05. The summed E-state index contributed by atoms with van der Waals surface area (Å²) in [5.74, 6) is -0.240. The summed E-state index contributed by atoms with van der Waals surface area (Å²) in [4.78, 5) is 12.5. The topological polar surface area (TPSA) is 75.3 Å². The van der Waals surface area contributed by atoms with Gasteiger partial charge < -0.3 is 5.32 Å². The molecule has 1 saturated carbocycles. The molecular weight excluding hydrogens is 372 g/mol. The Balaban J connectivity index is 1.85. The van der Waals surface area contributed by atoms with Crippen LogP contribution < -0.4 is 10.0 Å². The van der Waals surface area contributed by atoms with Crippen molar-refractivity contribution in [1.82, 2.24) is 5.32 Å². The van der Waals surface area contributed by atoms with Gasteiger partial charge in [0.25, 0.3) is 15.9 Å². The van der Waals surface area contributed by atoms with Crippen molar-refractivity contribution in [3.63, 3.8) is 0 Å². The molecule has 2 aromatic rings. The second-order valence-electron chi connectivity index (χ2n) is 6.55. The van der Waals surface area contributed by atoms with Crippen LogP contribution in [0.5, 0.6) is 0 Å². The van der Waals surface area contributed by atoms with Gasteiger partial charge in [-0.2, -0.15) is 0 Å². The lowest BCUT2D eigenvalue weighted by Gasteiger charge is -2.14. The molecule has 1 fully saturated rings. The molecule has 2 N–H and O–H groups in total. The molecule has 5 nitrogen and oxygen atoms in total. The fourth-order valence-electron chi connectivity index (χ4n) is 3.13. The van der Waals surface area contributed by atoms with Crippen molar-refractivity contribution in [2.24, 2.45) is 0 Å². The van der Waals surface area contributed by atoms with Gasteiger partial charge in [-0.1, -0.05) is 36.6 Å². The van der Waals surface area contributed by atoms with E-state index in [0.29, 0.717) is 21.8 Å². The highest BCUT2D eigenvalue weighted by Crippen LogP contribution is 2.23. The maximum absolute atomic E-state index is 12.8. The highest BCUT2D eigenvalue weighted by atomic mass is 35.5. The Morgan fingerprint density at radius 3 is 2.54 bits per heavy atom. The third-order valence-electron chi connectivity index (χ3n) is 4.51. The Morgan fingerprint density at radius 1 is 1.12 bits per heavy atom. The predicted molar refractivity (Wildman–Crippen MR) is 103 cm³/mol.